The van der Waals surface area contributed by atoms with Crippen LogP contribution in [-0.4, -0.2) is 96.7 Å². The van der Waals surface area contributed by atoms with E-state index in [-0.39, 0.29) is 25.7 Å². The predicted molar refractivity (Wildman–Crippen MR) is 426 cm³/mol. The highest BCUT2D eigenvalue weighted by molar-refractivity contribution is 7.47. The van der Waals surface area contributed by atoms with Crippen LogP contribution in [0, 0.1) is 0 Å². The van der Waals surface area contributed by atoms with Crippen LogP contribution in [0.1, 0.15) is 285 Å². The highest BCUT2D eigenvalue weighted by Gasteiger charge is 2.30. The molecule has 5 unspecified atom stereocenters. The van der Waals surface area contributed by atoms with Crippen molar-refractivity contribution in [1.82, 2.24) is 0 Å². The molecule has 0 aromatic heterocycles. The molecule has 0 radical (unpaired) electrons. The summed E-state index contributed by atoms with van der Waals surface area (Å²) in [6.07, 6.45) is 89.4. The summed E-state index contributed by atoms with van der Waals surface area (Å²) in [5.41, 5.74) is 0. The third kappa shape index (κ3) is 74.7. The smallest absolute Gasteiger partial charge is 0.462 e. The Morgan fingerprint density at radius 1 is 0.288 bits per heavy atom. The van der Waals surface area contributed by atoms with Gasteiger partial charge in [-0.3, -0.25) is 37.3 Å². The average molecular weight is 1490 g/mol. The van der Waals surface area contributed by atoms with Crippen LogP contribution in [0.4, 0.5) is 0 Å². The van der Waals surface area contributed by atoms with E-state index in [2.05, 4.69) is 174 Å². The Labute approximate surface area is 629 Å². The fourth-order valence-electron chi connectivity index (χ4n) is 9.80. The van der Waals surface area contributed by atoms with Gasteiger partial charge in [0.1, 0.15) is 19.3 Å². The van der Waals surface area contributed by atoms with Gasteiger partial charge < -0.3 is 33.8 Å². The fraction of sp³-hybridized carbons (Fsp3) is 0.624. The van der Waals surface area contributed by atoms with Gasteiger partial charge in [0, 0.05) is 19.3 Å². The quantitative estimate of drug-likeness (QED) is 0.0169. The SMILES string of the molecule is CC/C=C\C/C=C\C/C=C\C/C=C\C/C=C\CCCCCC(=O)OCC(COP(=O)(O)OCC(O)COP(=O)(O)OCC(COC(=O)CCCCCCCCC/C=C\C/C=C\C/C=C\CC)OC(=O)CCCCCCC/C=C\CCCCCC)OC(=O)C/C=C\C/C=C\C/C=C\C/C=C\C/C=C\CC. The van der Waals surface area contributed by atoms with Gasteiger partial charge in [0.2, 0.25) is 0 Å². The Kier molecular flexibility index (Phi) is 71.6. The van der Waals surface area contributed by atoms with Gasteiger partial charge in [0.15, 0.2) is 12.2 Å². The second kappa shape index (κ2) is 75.6. The largest absolute Gasteiger partial charge is 0.472 e. The van der Waals surface area contributed by atoms with Crippen molar-refractivity contribution in [3.8, 4) is 0 Å². The summed E-state index contributed by atoms with van der Waals surface area (Å²) >= 11 is 0. The maximum Gasteiger partial charge on any atom is 0.472 e. The highest BCUT2D eigenvalue weighted by atomic mass is 31.2. The molecule has 0 aromatic rings. The van der Waals surface area contributed by atoms with E-state index in [0.29, 0.717) is 25.7 Å². The molecule has 0 aromatic carbocycles. The molecule has 0 amide bonds. The zero-order valence-corrected chi connectivity index (χ0v) is 66.2. The van der Waals surface area contributed by atoms with Gasteiger partial charge >= 0.3 is 39.5 Å². The zero-order chi connectivity index (χ0) is 76.0. The van der Waals surface area contributed by atoms with Crippen molar-refractivity contribution in [2.24, 2.45) is 0 Å². The number of phosphoric ester groups is 2. The Balaban J connectivity index is 5.47. The van der Waals surface area contributed by atoms with E-state index in [9.17, 15) is 43.2 Å². The molecule has 3 N–H and O–H groups in total. The van der Waals surface area contributed by atoms with Gasteiger partial charge in [0.05, 0.1) is 32.8 Å². The number of unbranched alkanes of at least 4 members (excludes halogenated alkanes) is 19. The van der Waals surface area contributed by atoms with Gasteiger partial charge in [-0.15, -0.1) is 0 Å². The molecule has 17 nitrogen and oxygen atoms in total. The summed E-state index contributed by atoms with van der Waals surface area (Å²) in [5.74, 6) is -2.39. The van der Waals surface area contributed by atoms with Gasteiger partial charge in [0.25, 0.3) is 0 Å². The third-order valence-electron chi connectivity index (χ3n) is 15.7. The molecule has 0 heterocycles. The van der Waals surface area contributed by atoms with Crippen molar-refractivity contribution < 1.29 is 80.2 Å². The summed E-state index contributed by atoms with van der Waals surface area (Å²) in [7, 11) is -10.0. The van der Waals surface area contributed by atoms with Crippen LogP contribution in [0.2, 0.25) is 0 Å². The molecule has 0 saturated heterocycles. The van der Waals surface area contributed by atoms with E-state index in [1.807, 2.05) is 12.2 Å². The van der Waals surface area contributed by atoms with E-state index >= 15 is 0 Å². The first kappa shape index (κ1) is 98.4. The molecule has 0 aliphatic carbocycles. The first-order valence-electron chi connectivity index (χ1n) is 39.4. The lowest BCUT2D eigenvalue weighted by Gasteiger charge is -2.21. The van der Waals surface area contributed by atoms with Crippen LogP contribution in [-0.2, 0) is 65.4 Å². The average Bonchev–Trinajstić information content (AvgIpc) is 0.911. The lowest BCUT2D eigenvalue weighted by Crippen LogP contribution is -2.30. The molecule has 0 bridgehead atoms. The normalized spacial score (nSPS) is 14.8. The van der Waals surface area contributed by atoms with Gasteiger partial charge in [-0.05, 0) is 154 Å². The van der Waals surface area contributed by atoms with Crippen LogP contribution >= 0.6 is 15.6 Å². The number of carbonyl (C=O) groups is 4. The third-order valence-corrected chi connectivity index (χ3v) is 17.6. The van der Waals surface area contributed by atoms with Crippen molar-refractivity contribution in [2.75, 3.05) is 39.6 Å². The van der Waals surface area contributed by atoms with E-state index in [1.54, 1.807) is 12.2 Å². The molecule has 104 heavy (non-hydrogen) atoms. The number of aliphatic hydroxyl groups is 1. The van der Waals surface area contributed by atoms with Crippen LogP contribution < -0.4 is 0 Å². The second-order valence-electron chi connectivity index (χ2n) is 25.5. The molecule has 0 fully saturated rings. The number of rotatable bonds is 72. The van der Waals surface area contributed by atoms with Crippen LogP contribution in [0.15, 0.2) is 170 Å². The lowest BCUT2D eigenvalue weighted by atomic mass is 10.1. The standard InChI is InChI=1S/C85H138O17P2/c1-5-9-13-17-21-25-29-33-36-38-39-41-44-47-50-54-58-62-66-70-83(88)96-76-81(102-85(90)72-68-64-60-56-52-48-42-35-31-27-23-19-15-11-7-3)78-100-104(93,94)98-74-79(86)73-97-103(91,92)99-77-80(101-84(89)71-67-63-59-55-51-45-32-28-24-20-16-12-8-4)75-95-82(87)69-65-61-57-53-49-46-43-40-37-34-30-26-22-18-14-10-6-2/h9-11,13-15,21-23,25-28,32-37,39,41-42,47,50,52,56,64,68,79-81,86H,5-8,12,16-20,24,29-31,38,40,43-46,48-49,51,53-55,57-63,65-67,69-78H2,1-4H3,(H,91,92)(H,93,94)/b13-9-,14-10-,15-11-,25-21-,26-22-,27-23-,32-28-,36-33-,37-34-,41-39-,42-35-,50-47-,56-52-,68-64-. The fourth-order valence-corrected chi connectivity index (χ4v) is 11.4. The first-order chi connectivity index (χ1) is 50.7. The zero-order valence-electron chi connectivity index (χ0n) is 64.4. The Bertz CT molecular complexity index is 2640. The van der Waals surface area contributed by atoms with Crippen molar-refractivity contribution in [1.29, 1.82) is 0 Å². The number of allylic oxidation sites excluding steroid dienone is 27. The summed E-state index contributed by atoms with van der Waals surface area (Å²) in [6, 6.07) is 0. The molecule has 0 aliphatic rings. The second-order valence-corrected chi connectivity index (χ2v) is 28.4. The van der Waals surface area contributed by atoms with Crippen molar-refractivity contribution >= 4 is 39.5 Å². The Morgan fingerprint density at radius 2 is 0.538 bits per heavy atom. The number of hydrogen-bond acceptors (Lipinski definition) is 15. The number of carbonyl (C=O) groups excluding carboxylic acids is 4. The van der Waals surface area contributed by atoms with Crippen LogP contribution in [0.25, 0.3) is 0 Å². The van der Waals surface area contributed by atoms with Gasteiger partial charge in [-0.25, -0.2) is 9.13 Å². The van der Waals surface area contributed by atoms with Gasteiger partial charge in [-0.2, -0.15) is 0 Å². The number of aliphatic hydroxyl groups excluding tert-OH is 1. The summed E-state index contributed by atoms with van der Waals surface area (Å²) in [5, 5.41) is 10.6. The summed E-state index contributed by atoms with van der Waals surface area (Å²) in [6.45, 7) is 4.33. The molecule has 0 saturated carbocycles. The van der Waals surface area contributed by atoms with Crippen LogP contribution in [0.3, 0.4) is 0 Å². The molecule has 0 rings (SSSR count). The van der Waals surface area contributed by atoms with Crippen LogP contribution in [0.5, 0.6) is 0 Å². The highest BCUT2D eigenvalue weighted by Crippen LogP contribution is 2.45. The molecule has 5 atom stereocenters. The topological polar surface area (TPSA) is 237 Å². The van der Waals surface area contributed by atoms with Crippen molar-refractivity contribution in [2.45, 2.75) is 303 Å². The first-order valence-corrected chi connectivity index (χ1v) is 42.4. The minimum absolute atomic E-state index is 0.0745. The minimum Gasteiger partial charge on any atom is -0.462 e. The molecule has 590 valence electrons. The molecule has 19 heteroatoms. The van der Waals surface area contributed by atoms with E-state index in [4.69, 9.17) is 37.0 Å². The number of phosphoric acid groups is 2. The summed E-state index contributed by atoms with van der Waals surface area (Å²) < 4.78 is 68.4. The van der Waals surface area contributed by atoms with Crippen molar-refractivity contribution in [3.63, 3.8) is 0 Å². The lowest BCUT2D eigenvalue weighted by molar-refractivity contribution is -0.161. The maximum absolute atomic E-state index is 13.1. The predicted octanol–water partition coefficient (Wildman–Crippen LogP) is 23.0. The summed E-state index contributed by atoms with van der Waals surface area (Å²) in [4.78, 5) is 72.9. The minimum atomic E-state index is -5.02. The Hall–Kier alpha value is -5.58. The molecule has 0 spiro atoms. The van der Waals surface area contributed by atoms with Gasteiger partial charge in [-0.1, -0.05) is 275 Å². The number of esters is 4. The molecular formula is C85H138O17P2. The Morgan fingerprint density at radius 3 is 0.875 bits per heavy atom. The van der Waals surface area contributed by atoms with E-state index < -0.39 is 97.5 Å². The van der Waals surface area contributed by atoms with E-state index in [0.717, 1.165) is 180 Å². The number of hydrogen-bond donors (Lipinski definition) is 3. The molecular weight excluding hydrogens is 1350 g/mol. The van der Waals surface area contributed by atoms with Crippen molar-refractivity contribution in [3.05, 3.63) is 170 Å². The van der Waals surface area contributed by atoms with E-state index in [1.165, 1.54) is 25.7 Å². The number of ether oxygens (including phenoxy) is 4. The molecule has 0 aliphatic heterocycles. The maximum atomic E-state index is 13.1. The monoisotopic (exact) mass is 1490 g/mol.